The van der Waals surface area contributed by atoms with E-state index in [1.54, 1.807) is 0 Å². The Kier molecular flexibility index (Phi) is 4.63. The molecule has 0 amide bonds. The Bertz CT molecular complexity index is 475. The second kappa shape index (κ2) is 5.65. The molecule has 0 spiro atoms. The minimum Gasteiger partial charge on any atom is -0.493 e. The summed E-state index contributed by atoms with van der Waals surface area (Å²) in [4.78, 5) is 0. The zero-order chi connectivity index (χ0) is 14.7. The Hall–Kier alpha value is -1.49. The van der Waals surface area contributed by atoms with Crippen LogP contribution in [0.25, 0.3) is 0 Å². The van der Waals surface area contributed by atoms with E-state index in [1.165, 1.54) is 11.1 Å². The summed E-state index contributed by atoms with van der Waals surface area (Å²) in [5, 5.41) is 9.01. The lowest BCUT2D eigenvalue weighted by atomic mass is 9.86. The third-order valence-corrected chi connectivity index (χ3v) is 3.23. The fourth-order valence-corrected chi connectivity index (χ4v) is 1.84. The molecule has 0 fully saturated rings. The van der Waals surface area contributed by atoms with Gasteiger partial charge in [-0.25, -0.2) is 0 Å². The predicted molar refractivity (Wildman–Crippen MR) is 79.4 cm³/mol. The zero-order valence-corrected chi connectivity index (χ0v) is 13.0. The molecule has 1 aromatic carbocycles. The molecule has 2 nitrogen and oxygen atoms in total. The first kappa shape index (κ1) is 15.6. The molecule has 0 bridgehead atoms. The summed E-state index contributed by atoms with van der Waals surface area (Å²) in [6, 6.07) is 8.64. The van der Waals surface area contributed by atoms with Crippen LogP contribution in [-0.4, -0.2) is 6.61 Å². The number of hydrogen-bond acceptors (Lipinski definition) is 2. The quantitative estimate of drug-likeness (QED) is 0.791. The van der Waals surface area contributed by atoms with Crippen LogP contribution in [0, 0.1) is 23.7 Å². The van der Waals surface area contributed by atoms with Gasteiger partial charge in [0.25, 0.3) is 0 Å². The second-order valence-corrected chi connectivity index (χ2v) is 6.84. The zero-order valence-electron chi connectivity index (χ0n) is 13.0. The average Bonchev–Trinajstić information content (AvgIpc) is 2.27. The van der Waals surface area contributed by atoms with Crippen molar-refractivity contribution in [2.24, 2.45) is 5.41 Å². The Morgan fingerprint density at radius 2 is 1.79 bits per heavy atom. The average molecular weight is 259 g/mol. The van der Waals surface area contributed by atoms with Crippen LogP contribution in [0.1, 0.15) is 52.2 Å². The van der Waals surface area contributed by atoms with E-state index in [1.807, 2.05) is 13.8 Å². The standard InChI is InChI=1S/C17H25NO/c1-13-7-8-14(16(2,3)4)15(11-13)19-10-9-17(5,6)12-18/h7-8,11H,9-10H2,1-6H3. The molecule has 0 aromatic heterocycles. The van der Waals surface area contributed by atoms with E-state index in [9.17, 15) is 0 Å². The first-order chi connectivity index (χ1) is 8.65. The monoisotopic (exact) mass is 259 g/mol. The van der Waals surface area contributed by atoms with Crippen molar-refractivity contribution in [1.82, 2.24) is 0 Å². The molecule has 0 N–H and O–H groups in total. The van der Waals surface area contributed by atoms with Crippen LogP contribution in [-0.2, 0) is 5.41 Å². The van der Waals surface area contributed by atoms with Gasteiger partial charge in [0.05, 0.1) is 18.1 Å². The minimum absolute atomic E-state index is 0.0633. The summed E-state index contributed by atoms with van der Waals surface area (Å²) in [7, 11) is 0. The SMILES string of the molecule is Cc1ccc(C(C)(C)C)c(OCCC(C)(C)C#N)c1. The summed E-state index contributed by atoms with van der Waals surface area (Å²) in [5.74, 6) is 0.946. The molecule has 0 aliphatic heterocycles. The molecule has 0 saturated carbocycles. The summed E-state index contributed by atoms with van der Waals surface area (Å²) in [6.07, 6.45) is 0.737. The topological polar surface area (TPSA) is 33.0 Å². The van der Waals surface area contributed by atoms with E-state index >= 15 is 0 Å². The summed E-state index contributed by atoms with van der Waals surface area (Å²) < 4.78 is 5.93. The van der Waals surface area contributed by atoms with E-state index in [4.69, 9.17) is 10.00 Å². The number of aryl methyl sites for hydroxylation is 1. The van der Waals surface area contributed by atoms with Crippen LogP contribution in [0.2, 0.25) is 0 Å². The Morgan fingerprint density at radius 3 is 2.32 bits per heavy atom. The Balaban J connectivity index is 2.84. The number of nitrogens with zero attached hydrogens (tertiary/aromatic N) is 1. The van der Waals surface area contributed by atoms with Gasteiger partial charge in [0, 0.05) is 0 Å². The first-order valence-electron chi connectivity index (χ1n) is 6.81. The van der Waals surface area contributed by atoms with Crippen molar-refractivity contribution in [3.63, 3.8) is 0 Å². The maximum atomic E-state index is 9.01. The summed E-state index contributed by atoms with van der Waals surface area (Å²) >= 11 is 0. The molecule has 1 rings (SSSR count). The van der Waals surface area contributed by atoms with E-state index in [-0.39, 0.29) is 10.8 Å². The molecule has 0 aliphatic rings. The van der Waals surface area contributed by atoms with Crippen LogP contribution >= 0.6 is 0 Å². The van der Waals surface area contributed by atoms with Crippen molar-refractivity contribution in [3.05, 3.63) is 29.3 Å². The highest BCUT2D eigenvalue weighted by Crippen LogP contribution is 2.32. The highest BCUT2D eigenvalue weighted by molar-refractivity contribution is 5.41. The number of rotatable bonds is 4. The summed E-state index contributed by atoms with van der Waals surface area (Å²) in [6.45, 7) is 13.1. The third-order valence-electron chi connectivity index (χ3n) is 3.23. The van der Waals surface area contributed by atoms with Gasteiger partial charge in [-0.1, -0.05) is 32.9 Å². The molecule has 2 heteroatoms. The minimum atomic E-state index is -0.328. The van der Waals surface area contributed by atoms with Gasteiger partial charge in [-0.2, -0.15) is 5.26 Å². The predicted octanol–water partition coefficient (Wildman–Crippen LogP) is 4.61. The van der Waals surface area contributed by atoms with E-state index in [2.05, 4.69) is 52.0 Å². The largest absolute Gasteiger partial charge is 0.493 e. The highest BCUT2D eigenvalue weighted by atomic mass is 16.5. The highest BCUT2D eigenvalue weighted by Gasteiger charge is 2.20. The molecule has 0 unspecified atom stereocenters. The van der Waals surface area contributed by atoms with Crippen molar-refractivity contribution in [2.45, 2.75) is 53.4 Å². The van der Waals surface area contributed by atoms with Crippen molar-refractivity contribution in [3.8, 4) is 11.8 Å². The van der Waals surface area contributed by atoms with Crippen molar-refractivity contribution in [1.29, 1.82) is 5.26 Å². The van der Waals surface area contributed by atoms with E-state index in [0.29, 0.717) is 6.61 Å². The molecule has 0 radical (unpaired) electrons. The van der Waals surface area contributed by atoms with Crippen LogP contribution in [0.5, 0.6) is 5.75 Å². The van der Waals surface area contributed by atoms with Gasteiger partial charge in [0.2, 0.25) is 0 Å². The molecule has 0 saturated heterocycles. The molecular weight excluding hydrogens is 234 g/mol. The normalized spacial score (nSPS) is 12.1. The molecule has 1 aromatic rings. The Labute approximate surface area is 117 Å². The van der Waals surface area contributed by atoms with Crippen molar-refractivity contribution in [2.75, 3.05) is 6.61 Å². The van der Waals surface area contributed by atoms with Gasteiger partial charge in [0.15, 0.2) is 0 Å². The number of benzene rings is 1. The van der Waals surface area contributed by atoms with Gasteiger partial charge in [-0.05, 0) is 49.8 Å². The Morgan fingerprint density at radius 1 is 1.16 bits per heavy atom. The molecule has 104 valence electrons. The second-order valence-electron chi connectivity index (χ2n) is 6.84. The van der Waals surface area contributed by atoms with Gasteiger partial charge in [0.1, 0.15) is 5.75 Å². The summed E-state index contributed by atoms with van der Waals surface area (Å²) in [5.41, 5.74) is 2.15. The van der Waals surface area contributed by atoms with Crippen LogP contribution in [0.15, 0.2) is 18.2 Å². The van der Waals surface area contributed by atoms with Crippen LogP contribution in [0.4, 0.5) is 0 Å². The lowest BCUT2D eigenvalue weighted by molar-refractivity contribution is 0.259. The lowest BCUT2D eigenvalue weighted by Crippen LogP contribution is -2.16. The van der Waals surface area contributed by atoms with Crippen molar-refractivity contribution < 1.29 is 4.74 Å². The third kappa shape index (κ3) is 4.59. The maximum absolute atomic E-state index is 9.01. The molecule has 19 heavy (non-hydrogen) atoms. The lowest BCUT2D eigenvalue weighted by Gasteiger charge is -2.24. The van der Waals surface area contributed by atoms with Gasteiger partial charge < -0.3 is 4.74 Å². The van der Waals surface area contributed by atoms with E-state index < -0.39 is 0 Å². The fraction of sp³-hybridized carbons (Fsp3) is 0.588. The van der Waals surface area contributed by atoms with Gasteiger partial charge >= 0.3 is 0 Å². The van der Waals surface area contributed by atoms with E-state index in [0.717, 1.165) is 12.2 Å². The van der Waals surface area contributed by atoms with Gasteiger partial charge in [-0.3, -0.25) is 0 Å². The van der Waals surface area contributed by atoms with Gasteiger partial charge in [-0.15, -0.1) is 0 Å². The fourth-order valence-electron chi connectivity index (χ4n) is 1.84. The molecule has 0 aliphatic carbocycles. The number of hydrogen-bond donors (Lipinski definition) is 0. The molecule has 0 atom stereocenters. The van der Waals surface area contributed by atoms with Crippen molar-refractivity contribution >= 4 is 0 Å². The number of nitriles is 1. The first-order valence-corrected chi connectivity index (χ1v) is 6.81. The molecule has 0 heterocycles. The van der Waals surface area contributed by atoms with Crippen LogP contribution < -0.4 is 4.74 Å². The molecular formula is C17H25NO. The number of ether oxygens (including phenoxy) is 1. The maximum Gasteiger partial charge on any atom is 0.123 e. The van der Waals surface area contributed by atoms with Crippen LogP contribution in [0.3, 0.4) is 0 Å². The smallest absolute Gasteiger partial charge is 0.123 e.